The number of carbonyl (C=O) groups excluding carboxylic acids is 1. The van der Waals surface area contributed by atoms with E-state index >= 15 is 0 Å². The van der Waals surface area contributed by atoms with Gasteiger partial charge >= 0.3 is 88.5 Å². The molecule has 1 unspecified atom stereocenters. The molecule has 0 radical (unpaired) electrons. The van der Waals surface area contributed by atoms with Crippen molar-refractivity contribution in [1.29, 1.82) is 5.31 Å². The first-order valence-electron chi connectivity index (χ1n) is 4.67. The third kappa shape index (κ3) is 3.54. The summed E-state index contributed by atoms with van der Waals surface area (Å²) in [5, 5.41) is 6.75. The molecule has 0 aliphatic heterocycles. The molecule has 0 saturated carbocycles. The minimum absolute atomic E-state index is 0.167. The van der Waals surface area contributed by atoms with Crippen molar-refractivity contribution in [2.24, 2.45) is 11.7 Å². The van der Waals surface area contributed by atoms with Gasteiger partial charge in [0.15, 0.2) is 0 Å². The summed E-state index contributed by atoms with van der Waals surface area (Å²) < 4.78 is 4.86. The average Bonchev–Trinajstić information content (AvgIpc) is 2.21. The summed E-state index contributed by atoms with van der Waals surface area (Å²) in [6, 6.07) is 7.23. The van der Waals surface area contributed by atoms with Gasteiger partial charge in [-0.3, -0.25) is 0 Å². The molecular formula is C10H13BN2O2. The average molecular weight is 204 g/mol. The number of hydrogen-bond acceptors (Lipinski definition) is 3. The molecule has 78 valence electrons. The Bertz CT molecular complexity index is 351. The molecule has 0 spiro atoms. The fourth-order valence-corrected chi connectivity index (χ4v) is 1.23. The molecule has 4 nitrogen and oxygen atoms in total. The molecule has 1 amide bonds. The van der Waals surface area contributed by atoms with Gasteiger partial charge in [-0.1, -0.05) is 0 Å². The summed E-state index contributed by atoms with van der Waals surface area (Å²) in [5.74, 6) is 0.148. The molecule has 1 rings (SSSR count). The second kappa shape index (κ2) is 5.29. The number of hydrogen-bond donors (Lipinski definition) is 2. The van der Waals surface area contributed by atoms with Gasteiger partial charge in [0.05, 0.1) is 0 Å². The maximum atomic E-state index is 10.8. The van der Waals surface area contributed by atoms with Crippen LogP contribution in [0.1, 0.15) is 12.5 Å². The Morgan fingerprint density at radius 1 is 1.53 bits per heavy atom. The van der Waals surface area contributed by atoms with Crippen LogP contribution in [-0.2, 0) is 11.2 Å². The van der Waals surface area contributed by atoms with Crippen LogP contribution < -0.4 is 10.4 Å². The van der Waals surface area contributed by atoms with E-state index in [1.807, 2.05) is 12.1 Å². The summed E-state index contributed by atoms with van der Waals surface area (Å²) in [6.45, 7) is 1.80. The fraction of sp³-hybridized carbons (Fsp3) is 0.300. The number of rotatable bonds is 5. The molecule has 0 aliphatic rings. The normalized spacial score (nSPS) is 11.5. The van der Waals surface area contributed by atoms with Gasteiger partial charge in [-0.15, -0.1) is 0 Å². The maximum absolute atomic E-state index is 10.8. The first-order chi connectivity index (χ1) is 7.13. The van der Waals surface area contributed by atoms with Crippen LogP contribution in [0.3, 0.4) is 0 Å². The van der Waals surface area contributed by atoms with Gasteiger partial charge in [-0.2, -0.15) is 0 Å². The van der Waals surface area contributed by atoms with Crippen molar-refractivity contribution in [1.82, 2.24) is 0 Å². The number of benzene rings is 1. The molecule has 3 N–H and O–H groups in total. The third-order valence-electron chi connectivity index (χ3n) is 2.15. The van der Waals surface area contributed by atoms with E-state index in [9.17, 15) is 4.79 Å². The number of nitrogens with one attached hydrogen (secondary N) is 1. The molecule has 0 saturated heterocycles. The van der Waals surface area contributed by atoms with Crippen LogP contribution in [0.5, 0.6) is 5.75 Å². The molecule has 0 heterocycles. The second-order valence-electron chi connectivity index (χ2n) is 3.39. The van der Waals surface area contributed by atoms with Crippen molar-refractivity contribution in [2.75, 3.05) is 0 Å². The van der Waals surface area contributed by atoms with Crippen molar-refractivity contribution in [3.63, 3.8) is 0 Å². The summed E-state index contributed by atoms with van der Waals surface area (Å²) in [5.41, 5.74) is 6.19. The predicted octanol–water partition coefficient (Wildman–Crippen LogP) is 1.11. The quantitative estimate of drug-likeness (QED) is 0.704. The van der Waals surface area contributed by atoms with Crippen molar-refractivity contribution in [3.8, 4) is 5.75 Å². The topological polar surface area (TPSA) is 76.2 Å². The van der Waals surface area contributed by atoms with Crippen LogP contribution in [0.25, 0.3) is 0 Å². The molecule has 0 aromatic heterocycles. The summed E-state index contributed by atoms with van der Waals surface area (Å²) >= 11 is 0. The van der Waals surface area contributed by atoms with E-state index in [1.54, 1.807) is 19.1 Å². The Labute approximate surface area is 89.2 Å². The van der Waals surface area contributed by atoms with Crippen LogP contribution in [0.15, 0.2) is 24.3 Å². The van der Waals surface area contributed by atoms with Crippen LogP contribution in [0, 0.1) is 11.2 Å². The minimum atomic E-state index is -0.296. The molecule has 15 heavy (non-hydrogen) atoms. The molecule has 1 atom stereocenters. The van der Waals surface area contributed by atoms with Crippen LogP contribution in [0.4, 0.5) is 0 Å². The van der Waals surface area contributed by atoms with Gasteiger partial charge < -0.3 is 0 Å². The number of nitrogens with two attached hydrogens (primary N) is 1. The van der Waals surface area contributed by atoms with E-state index in [4.69, 9.17) is 15.7 Å². The van der Waals surface area contributed by atoms with Crippen molar-refractivity contribution in [2.45, 2.75) is 13.3 Å². The second-order valence-corrected chi connectivity index (χ2v) is 3.39. The fourth-order valence-electron chi connectivity index (χ4n) is 1.23. The molecule has 0 bridgehead atoms. The third-order valence-corrected chi connectivity index (χ3v) is 2.15. The van der Waals surface area contributed by atoms with Gasteiger partial charge in [0.2, 0.25) is 0 Å². The van der Waals surface area contributed by atoms with E-state index in [0.717, 1.165) is 12.8 Å². The van der Waals surface area contributed by atoms with Crippen LogP contribution in [-0.4, -0.2) is 13.2 Å². The SMILES string of the molecule is CC(Cc1ccc(OB=N)cc1)C(N)=O. The zero-order chi connectivity index (χ0) is 11.3. The summed E-state index contributed by atoms with van der Waals surface area (Å²) in [6.07, 6.45) is 0.625. The molecule has 0 aliphatic carbocycles. The summed E-state index contributed by atoms with van der Waals surface area (Å²) in [4.78, 5) is 10.8. The van der Waals surface area contributed by atoms with Gasteiger partial charge in [0.25, 0.3) is 0 Å². The standard InChI is InChI=1S/C10H13BN2O2/c1-7(10(12)14)6-8-2-4-9(5-3-8)15-11-13/h2-5,7,13H,6H2,1H3,(H2,12,14). The number of carbonyl (C=O) groups is 1. The van der Waals surface area contributed by atoms with Crippen molar-refractivity contribution < 1.29 is 9.45 Å². The molecule has 1 aromatic rings. The van der Waals surface area contributed by atoms with Crippen LogP contribution >= 0.6 is 0 Å². The van der Waals surface area contributed by atoms with E-state index in [2.05, 4.69) is 0 Å². The molecular weight excluding hydrogens is 191 g/mol. The number of primary amides is 1. The zero-order valence-electron chi connectivity index (χ0n) is 8.57. The van der Waals surface area contributed by atoms with Crippen molar-refractivity contribution in [3.05, 3.63) is 29.8 Å². The summed E-state index contributed by atoms with van der Waals surface area (Å²) in [7, 11) is 0.876. The Balaban J connectivity index is 2.64. The Morgan fingerprint density at radius 3 is 2.60 bits per heavy atom. The van der Waals surface area contributed by atoms with E-state index < -0.39 is 0 Å². The van der Waals surface area contributed by atoms with Crippen LogP contribution in [0.2, 0.25) is 0 Å². The zero-order valence-corrected chi connectivity index (χ0v) is 8.57. The van der Waals surface area contributed by atoms with Crippen molar-refractivity contribution >= 4 is 13.2 Å². The Hall–Kier alpha value is -1.65. The monoisotopic (exact) mass is 204 g/mol. The molecule has 5 heteroatoms. The molecule has 1 aromatic carbocycles. The van der Waals surface area contributed by atoms with Gasteiger partial charge in [-0.25, -0.2) is 0 Å². The Kier molecular flexibility index (Phi) is 4.03. The van der Waals surface area contributed by atoms with E-state index in [0.29, 0.717) is 12.2 Å². The number of amides is 1. The van der Waals surface area contributed by atoms with Gasteiger partial charge in [0, 0.05) is 0 Å². The van der Waals surface area contributed by atoms with E-state index in [-0.39, 0.29) is 11.8 Å². The van der Waals surface area contributed by atoms with Gasteiger partial charge in [0.1, 0.15) is 0 Å². The first-order valence-corrected chi connectivity index (χ1v) is 4.67. The van der Waals surface area contributed by atoms with E-state index in [1.165, 1.54) is 0 Å². The van der Waals surface area contributed by atoms with Gasteiger partial charge in [-0.05, 0) is 0 Å². The predicted molar refractivity (Wildman–Crippen MR) is 57.6 cm³/mol. The Morgan fingerprint density at radius 2 is 2.13 bits per heavy atom. The molecule has 0 fully saturated rings. The first kappa shape index (κ1) is 11.4.